The van der Waals surface area contributed by atoms with Crippen molar-refractivity contribution in [2.45, 2.75) is 113 Å². The number of rotatable bonds is 3. The molecule has 0 N–H and O–H groups in total. The summed E-state index contributed by atoms with van der Waals surface area (Å²) in [6.45, 7) is 14.4. The second-order valence-corrected chi connectivity index (χ2v) is 21.7. The second kappa shape index (κ2) is 34.6. The van der Waals surface area contributed by atoms with Crippen molar-refractivity contribution in [1.82, 2.24) is 0 Å². The fraction of sp³-hybridized carbons (Fsp3) is 0.224. The average molecular weight is 1180 g/mol. The molecule has 2 heterocycles. The summed E-state index contributed by atoms with van der Waals surface area (Å²) >= 11 is 1.88. The van der Waals surface area contributed by atoms with Crippen LogP contribution in [-0.4, -0.2) is 0 Å². The van der Waals surface area contributed by atoms with Gasteiger partial charge in [0, 0.05) is 55.6 Å². The predicted molar refractivity (Wildman–Crippen MR) is 383 cm³/mol. The third-order valence-corrected chi connectivity index (χ3v) is 14.8. The van der Waals surface area contributed by atoms with Crippen LogP contribution in [0.4, 0.5) is 0 Å². The molecule has 442 valence electrons. The van der Waals surface area contributed by atoms with Gasteiger partial charge >= 0.3 is 0 Å². The molecule has 2 aromatic heterocycles. The van der Waals surface area contributed by atoms with Gasteiger partial charge in [0.15, 0.2) is 0 Å². The van der Waals surface area contributed by atoms with E-state index in [-0.39, 0.29) is 30.2 Å². The molecular formula is C85H90OS. The van der Waals surface area contributed by atoms with Gasteiger partial charge in [-0.2, -0.15) is 0 Å². The zero-order valence-corrected chi connectivity index (χ0v) is 51.5. The van der Waals surface area contributed by atoms with Crippen LogP contribution in [0.2, 0.25) is 0 Å². The molecule has 2 heteroatoms. The molecular weight excluding hydrogens is 1070 g/mol. The number of furan rings is 1. The van der Waals surface area contributed by atoms with Crippen molar-refractivity contribution in [3.05, 3.63) is 312 Å². The first-order valence-corrected chi connectivity index (χ1v) is 29.8. The number of hydrogen-bond donors (Lipinski definition) is 0. The van der Waals surface area contributed by atoms with E-state index in [0.29, 0.717) is 5.56 Å². The Morgan fingerprint density at radius 3 is 1.40 bits per heavy atom. The molecule has 2 aliphatic carbocycles. The molecule has 2 aliphatic rings. The number of fused-ring (bicyclic) bond motifs is 6. The zero-order chi connectivity index (χ0) is 81.5. The Morgan fingerprint density at radius 2 is 0.793 bits per heavy atom. The molecule has 0 amide bonds. The number of aryl methyl sites for hydroxylation is 5. The van der Waals surface area contributed by atoms with Crippen LogP contribution < -0.4 is 0 Å². The van der Waals surface area contributed by atoms with Gasteiger partial charge in [0.25, 0.3) is 0 Å². The van der Waals surface area contributed by atoms with E-state index in [0.717, 1.165) is 18.1 Å². The highest BCUT2D eigenvalue weighted by Crippen LogP contribution is 2.36. The summed E-state index contributed by atoms with van der Waals surface area (Å²) in [7, 11) is 0. The van der Waals surface area contributed by atoms with Crippen molar-refractivity contribution in [3.8, 4) is 33.4 Å². The molecule has 0 radical (unpaired) electrons. The summed E-state index contributed by atoms with van der Waals surface area (Å²) < 4.78 is 179. The van der Waals surface area contributed by atoms with Gasteiger partial charge in [-0.25, -0.2) is 0 Å². The topological polar surface area (TPSA) is 13.1 Å². The Bertz CT molecular complexity index is 4980. The molecule has 0 atom stereocenters. The quantitative estimate of drug-likeness (QED) is 0.172. The van der Waals surface area contributed by atoms with Crippen molar-refractivity contribution >= 4 is 53.4 Å². The minimum atomic E-state index is -3.26. The summed E-state index contributed by atoms with van der Waals surface area (Å²) in [6.07, 6.45) is -25.7. The maximum atomic E-state index is 7.57. The number of para-hydroxylation sites is 1. The molecule has 0 spiro atoms. The molecule has 87 heavy (non-hydrogen) atoms. The Balaban J connectivity index is 0.000000158. The monoisotopic (exact) mass is 1180 g/mol. The Morgan fingerprint density at radius 1 is 0.345 bits per heavy atom. The molecule has 1 nitrogen and oxygen atoms in total. The van der Waals surface area contributed by atoms with Crippen molar-refractivity contribution < 1.29 is 35.9 Å². The van der Waals surface area contributed by atoms with E-state index in [4.69, 9.17) is 35.9 Å². The van der Waals surface area contributed by atoms with Gasteiger partial charge in [-0.15, -0.1) is 11.3 Å². The molecule has 0 unspecified atom stereocenters. The van der Waals surface area contributed by atoms with Crippen molar-refractivity contribution in [3.63, 3.8) is 0 Å². The van der Waals surface area contributed by atoms with Crippen molar-refractivity contribution in [1.29, 1.82) is 0 Å². The highest BCUT2D eigenvalue weighted by molar-refractivity contribution is 7.25. The lowest BCUT2D eigenvalue weighted by molar-refractivity contribution is 0.385. The SMILES string of the molecule is Cc1ccc(-c2ccccc2)cc1.Cc1cccc(-c2ccccc2)c1.Cc1cccc2oc3ccccc3c12.Cc1cccc2sc3ccccc3c12.Cc1ccccc1-c1ccccc1.[2H]C1([2H])C(C)C([2H])([2H])C([2H])([2H])C([2H])([2H])C1([2H])[2H].[2H]C1([2H])C(C)C([2H])([2H])C([2H])([2H])C1([2H])[2H].[2H]c1c([2H])c([2H])c(C)c([2H])c1[2H]. The first kappa shape index (κ1) is 40.0. The van der Waals surface area contributed by atoms with Gasteiger partial charge in [-0.1, -0.05) is 343 Å². The highest BCUT2D eigenvalue weighted by atomic mass is 32.1. The van der Waals surface area contributed by atoms with Gasteiger partial charge in [0.2, 0.25) is 0 Å². The minimum absolute atomic E-state index is 0.124. The predicted octanol–water partition coefficient (Wildman–Crippen LogP) is 26.0. The average Bonchev–Trinajstić information content (AvgIpc) is 1.65. The summed E-state index contributed by atoms with van der Waals surface area (Å²) in [5.74, 6) is -2.93. The smallest absolute Gasteiger partial charge is 0.135 e. The number of benzene rings is 11. The Kier molecular flexibility index (Phi) is 15.9. The molecule has 15 rings (SSSR count). The first-order valence-electron chi connectivity index (χ1n) is 40.5. The lowest BCUT2D eigenvalue weighted by atomic mass is 9.91. The number of hydrogen-bond acceptors (Lipinski definition) is 2. The minimum Gasteiger partial charge on any atom is -0.456 e. The standard InChI is InChI=1S/C13H10O.C13H10S.3C13H12.C7H14.C7H8.C6H12/c2*1-9-5-4-8-12-13(9)10-6-2-3-7-11(10)14-12;1-11-7-5-6-10-13(11)12-8-3-2-4-9-12;1-11-6-5-9-13(10-11)12-7-3-2-4-8-12;1-11-7-9-13(10-8-11)12-5-3-2-4-6-12;2*1-7-5-3-2-4-6-7;1-6-4-2-3-5-6/h2*2-8H,1H3;3*2-10H,1H3;7H,2-6H2,1H3;2-6H,1H3;6H,2-5H2,1H3/i;;;;;2D2,3D2,4D2,5D2,6D2;2D,3D,4D,5D,6D;2D2,3D2,4D2,5D2. The first-order chi connectivity index (χ1) is 51.3. The zero-order valence-electron chi connectivity index (χ0n) is 73.6. The Hall–Kier alpha value is -8.56. The van der Waals surface area contributed by atoms with Crippen LogP contribution in [0, 0.1) is 53.4 Å². The van der Waals surface area contributed by atoms with Crippen LogP contribution in [0.5, 0.6) is 0 Å². The maximum Gasteiger partial charge on any atom is 0.135 e. The second-order valence-electron chi connectivity index (χ2n) is 20.6. The highest BCUT2D eigenvalue weighted by Gasteiger charge is 2.10. The maximum absolute atomic E-state index is 7.57. The number of thiophene rings is 1. The largest absolute Gasteiger partial charge is 0.456 e. The van der Waals surface area contributed by atoms with E-state index in [1.807, 2.05) is 59.9 Å². The normalized spacial score (nSPS) is 21.6. The van der Waals surface area contributed by atoms with E-state index in [1.54, 1.807) is 0 Å². The summed E-state index contributed by atoms with van der Waals surface area (Å²) in [5, 5.41) is 5.27. The van der Waals surface area contributed by atoms with Gasteiger partial charge < -0.3 is 4.42 Å². The van der Waals surface area contributed by atoms with Crippen molar-refractivity contribution in [2.24, 2.45) is 11.8 Å². The van der Waals surface area contributed by atoms with Crippen LogP contribution >= 0.6 is 11.3 Å². The Labute approximate surface area is 557 Å². The van der Waals surface area contributed by atoms with E-state index >= 15 is 0 Å². The fourth-order valence-corrected chi connectivity index (χ4v) is 10.4. The summed E-state index contributed by atoms with van der Waals surface area (Å²) in [5.41, 5.74) is 16.6. The van der Waals surface area contributed by atoms with Crippen LogP contribution in [0.25, 0.3) is 75.5 Å². The lowest BCUT2D eigenvalue weighted by Crippen LogP contribution is -1.99. The molecule has 0 saturated heterocycles. The van der Waals surface area contributed by atoms with Gasteiger partial charge in [-0.3, -0.25) is 0 Å². The third-order valence-electron chi connectivity index (χ3n) is 13.7. The molecule has 2 fully saturated rings. The van der Waals surface area contributed by atoms with Crippen LogP contribution in [0.15, 0.2) is 283 Å². The molecule has 11 aromatic carbocycles. The van der Waals surface area contributed by atoms with Crippen LogP contribution in [0.1, 0.15) is 136 Å². The van der Waals surface area contributed by atoms with E-state index < -0.39 is 69.2 Å². The third kappa shape index (κ3) is 20.3. The molecule has 2 saturated carbocycles. The van der Waals surface area contributed by atoms with Gasteiger partial charge in [0.1, 0.15) is 11.2 Å². The lowest BCUT2D eigenvalue weighted by Gasteiger charge is -2.15. The van der Waals surface area contributed by atoms with E-state index in [1.165, 1.54) is 106 Å². The van der Waals surface area contributed by atoms with Crippen molar-refractivity contribution in [2.75, 3.05) is 0 Å². The fourth-order valence-electron chi connectivity index (χ4n) is 9.24. The van der Waals surface area contributed by atoms with E-state index in [2.05, 4.69) is 235 Å². The molecule has 0 bridgehead atoms. The van der Waals surface area contributed by atoms with Gasteiger partial charge in [-0.05, 0) is 128 Å². The molecule has 13 aromatic rings. The summed E-state index contributed by atoms with van der Waals surface area (Å²) in [6, 6.07) is 85.3. The van der Waals surface area contributed by atoms with Crippen LogP contribution in [-0.2, 0) is 0 Å². The van der Waals surface area contributed by atoms with Gasteiger partial charge in [0.05, 0.1) is 6.85 Å². The summed E-state index contributed by atoms with van der Waals surface area (Å²) in [4.78, 5) is 0. The van der Waals surface area contributed by atoms with E-state index in [9.17, 15) is 0 Å². The van der Waals surface area contributed by atoms with Crippen LogP contribution in [0.3, 0.4) is 0 Å². The molecule has 0 aliphatic heterocycles.